The molecule has 5 nitrogen and oxygen atoms in total. The Hall–Kier alpha value is -1.36. The van der Waals surface area contributed by atoms with Crippen molar-refractivity contribution in [3.05, 3.63) is 17.5 Å². The van der Waals surface area contributed by atoms with Crippen molar-refractivity contribution in [3.8, 4) is 0 Å². The maximum atomic E-state index is 11.1. The van der Waals surface area contributed by atoms with Crippen LogP contribution in [-0.2, 0) is 24.8 Å². The van der Waals surface area contributed by atoms with Crippen LogP contribution in [0.5, 0.6) is 0 Å². The molecule has 5 heteroatoms. The number of carbonyl (C=O) groups is 1. The fraction of sp³-hybridized carbons (Fsp3) is 0.667. The van der Waals surface area contributed by atoms with E-state index < -0.39 is 12.0 Å². The summed E-state index contributed by atoms with van der Waals surface area (Å²) in [6.45, 7) is 4.57. The highest BCUT2D eigenvalue weighted by Crippen LogP contribution is 2.13. The van der Waals surface area contributed by atoms with E-state index in [-0.39, 0.29) is 0 Å². The molecule has 0 aliphatic carbocycles. The fourth-order valence-corrected chi connectivity index (χ4v) is 2.07. The lowest BCUT2D eigenvalue weighted by molar-refractivity contribution is -0.143. The number of hydrogen-bond donors (Lipinski definition) is 1. The Balaban J connectivity index is 2.79. The minimum atomic E-state index is -0.767. The highest BCUT2D eigenvalue weighted by molar-refractivity contribution is 5.73. The van der Waals surface area contributed by atoms with E-state index in [0.29, 0.717) is 13.0 Å². The Morgan fingerprint density at radius 2 is 2.24 bits per heavy atom. The average molecular weight is 239 g/mol. The zero-order valence-corrected chi connectivity index (χ0v) is 11.0. The molecular weight excluding hydrogens is 218 g/mol. The summed E-state index contributed by atoms with van der Waals surface area (Å²) in [6, 6.07) is -0.431. The molecule has 0 fully saturated rings. The quantitative estimate of drug-likeness (QED) is 0.812. The second-order valence-corrected chi connectivity index (χ2v) is 4.31. The highest BCUT2D eigenvalue weighted by atomic mass is 16.4. The van der Waals surface area contributed by atoms with Gasteiger partial charge in [0, 0.05) is 25.4 Å². The number of hydrogen-bond acceptors (Lipinski definition) is 3. The maximum absolute atomic E-state index is 11.1. The number of aromatic nitrogens is 2. The molecule has 0 amide bonds. The lowest BCUT2D eigenvalue weighted by atomic mass is 10.1. The topological polar surface area (TPSA) is 58.4 Å². The third kappa shape index (κ3) is 3.30. The molecular formula is C12H21N3O2. The number of aliphatic carboxylic acids is 1. The lowest BCUT2D eigenvalue weighted by Crippen LogP contribution is -2.37. The molecule has 1 rings (SSSR count). The minimum Gasteiger partial charge on any atom is -0.480 e. The predicted octanol–water partition coefficient (Wildman–Crippen LogP) is 1.28. The average Bonchev–Trinajstić information content (AvgIpc) is 2.59. The van der Waals surface area contributed by atoms with Gasteiger partial charge in [-0.15, -0.1) is 0 Å². The third-order valence-corrected chi connectivity index (χ3v) is 2.95. The summed E-state index contributed by atoms with van der Waals surface area (Å²) in [4.78, 5) is 12.9. The maximum Gasteiger partial charge on any atom is 0.320 e. The van der Waals surface area contributed by atoms with Gasteiger partial charge < -0.3 is 5.11 Å². The van der Waals surface area contributed by atoms with Gasteiger partial charge >= 0.3 is 5.97 Å². The second-order valence-electron chi connectivity index (χ2n) is 4.31. The van der Waals surface area contributed by atoms with Gasteiger partial charge in [0.05, 0.1) is 5.69 Å². The van der Waals surface area contributed by atoms with Crippen LogP contribution < -0.4 is 0 Å². The Morgan fingerprint density at radius 1 is 1.59 bits per heavy atom. The largest absolute Gasteiger partial charge is 0.480 e. The number of carboxylic acid groups (broad SMARTS) is 1. The first-order valence-electron chi connectivity index (χ1n) is 5.94. The van der Waals surface area contributed by atoms with E-state index in [1.807, 2.05) is 32.1 Å². The molecule has 1 atom stereocenters. The minimum absolute atomic E-state index is 0.431. The molecule has 0 spiro atoms. The van der Waals surface area contributed by atoms with Crippen molar-refractivity contribution >= 4 is 5.97 Å². The zero-order chi connectivity index (χ0) is 13.0. The van der Waals surface area contributed by atoms with Gasteiger partial charge in [-0.2, -0.15) is 5.10 Å². The molecule has 0 saturated carbocycles. The van der Waals surface area contributed by atoms with Crippen LogP contribution in [0.2, 0.25) is 0 Å². The first kappa shape index (κ1) is 13.7. The van der Waals surface area contributed by atoms with Crippen LogP contribution in [0.25, 0.3) is 0 Å². The van der Waals surface area contributed by atoms with Crippen molar-refractivity contribution in [2.45, 2.75) is 39.3 Å². The van der Waals surface area contributed by atoms with Crippen LogP contribution >= 0.6 is 0 Å². The van der Waals surface area contributed by atoms with Crippen LogP contribution in [0.15, 0.2) is 6.20 Å². The van der Waals surface area contributed by atoms with E-state index in [9.17, 15) is 4.79 Å². The van der Waals surface area contributed by atoms with Gasteiger partial charge in [0.1, 0.15) is 6.04 Å². The van der Waals surface area contributed by atoms with Crippen LogP contribution in [0.4, 0.5) is 0 Å². The van der Waals surface area contributed by atoms with E-state index in [2.05, 4.69) is 12.0 Å². The molecule has 17 heavy (non-hydrogen) atoms. The van der Waals surface area contributed by atoms with E-state index >= 15 is 0 Å². The van der Waals surface area contributed by atoms with Crippen molar-refractivity contribution in [2.75, 3.05) is 7.05 Å². The van der Waals surface area contributed by atoms with Gasteiger partial charge in [0.15, 0.2) is 0 Å². The van der Waals surface area contributed by atoms with Gasteiger partial charge in [-0.3, -0.25) is 14.4 Å². The molecule has 0 aliphatic heterocycles. The first-order valence-corrected chi connectivity index (χ1v) is 5.94. The first-order chi connectivity index (χ1) is 7.99. The van der Waals surface area contributed by atoms with Crippen LogP contribution in [0.1, 0.15) is 31.5 Å². The van der Waals surface area contributed by atoms with Crippen molar-refractivity contribution in [1.29, 1.82) is 0 Å². The summed E-state index contributed by atoms with van der Waals surface area (Å²) < 4.78 is 1.78. The van der Waals surface area contributed by atoms with Crippen molar-refractivity contribution < 1.29 is 9.90 Å². The van der Waals surface area contributed by atoms with Crippen molar-refractivity contribution in [2.24, 2.45) is 7.05 Å². The Kier molecular flexibility index (Phi) is 4.69. The van der Waals surface area contributed by atoms with E-state index in [4.69, 9.17) is 5.11 Å². The van der Waals surface area contributed by atoms with Gasteiger partial charge in [0.25, 0.3) is 0 Å². The third-order valence-electron chi connectivity index (χ3n) is 2.95. The number of aryl methyl sites for hydroxylation is 2. The number of nitrogens with zero attached hydrogens (tertiary/aromatic N) is 3. The molecule has 96 valence electrons. The summed E-state index contributed by atoms with van der Waals surface area (Å²) in [5.74, 6) is -0.767. The van der Waals surface area contributed by atoms with Gasteiger partial charge in [-0.05, 0) is 19.9 Å². The van der Waals surface area contributed by atoms with Gasteiger partial charge in [0.2, 0.25) is 0 Å². The van der Waals surface area contributed by atoms with E-state index in [1.54, 1.807) is 4.68 Å². The van der Waals surface area contributed by atoms with Crippen LogP contribution in [-0.4, -0.2) is 38.8 Å². The molecule has 1 unspecified atom stereocenters. The molecule has 1 aromatic heterocycles. The smallest absolute Gasteiger partial charge is 0.320 e. The van der Waals surface area contributed by atoms with Crippen LogP contribution in [0, 0.1) is 0 Å². The van der Waals surface area contributed by atoms with Gasteiger partial charge in [-0.25, -0.2) is 0 Å². The summed E-state index contributed by atoms with van der Waals surface area (Å²) in [5.41, 5.74) is 2.15. The predicted molar refractivity (Wildman–Crippen MR) is 65.8 cm³/mol. The number of rotatable bonds is 6. The van der Waals surface area contributed by atoms with E-state index in [1.165, 1.54) is 0 Å². The molecule has 0 aromatic carbocycles. The highest BCUT2D eigenvalue weighted by Gasteiger charge is 2.21. The van der Waals surface area contributed by atoms with Crippen molar-refractivity contribution in [3.63, 3.8) is 0 Å². The van der Waals surface area contributed by atoms with Crippen LogP contribution in [0.3, 0.4) is 0 Å². The Labute approximate surface area is 102 Å². The summed E-state index contributed by atoms with van der Waals surface area (Å²) in [5, 5.41) is 13.4. The lowest BCUT2D eigenvalue weighted by Gasteiger charge is -2.23. The zero-order valence-electron chi connectivity index (χ0n) is 11.0. The molecule has 0 saturated heterocycles. The molecule has 1 N–H and O–H groups in total. The fourth-order valence-electron chi connectivity index (χ4n) is 2.07. The number of carboxylic acids is 1. The SMILES string of the molecule is CCc1nn(C)cc1CN(C)C(CC)C(=O)O. The molecule has 1 heterocycles. The second kappa shape index (κ2) is 5.82. The number of likely N-dealkylation sites (N-methyl/N-ethyl adjacent to an activating group) is 1. The monoisotopic (exact) mass is 239 g/mol. The summed E-state index contributed by atoms with van der Waals surface area (Å²) in [6.07, 6.45) is 3.44. The molecule has 0 radical (unpaired) electrons. The van der Waals surface area contributed by atoms with Crippen molar-refractivity contribution in [1.82, 2.24) is 14.7 Å². The Bertz CT molecular complexity index is 387. The Morgan fingerprint density at radius 3 is 2.71 bits per heavy atom. The van der Waals surface area contributed by atoms with Gasteiger partial charge in [-0.1, -0.05) is 13.8 Å². The normalized spacial score (nSPS) is 13.0. The van der Waals surface area contributed by atoms with E-state index in [0.717, 1.165) is 17.7 Å². The summed E-state index contributed by atoms with van der Waals surface area (Å²) >= 11 is 0. The molecule has 1 aromatic rings. The molecule has 0 bridgehead atoms. The molecule has 0 aliphatic rings. The standard InChI is InChI=1S/C12H21N3O2/c1-5-10-9(8-15(4)13-10)7-14(3)11(6-2)12(16)17/h8,11H,5-7H2,1-4H3,(H,16,17). The summed E-state index contributed by atoms with van der Waals surface area (Å²) in [7, 11) is 3.73.